The van der Waals surface area contributed by atoms with Gasteiger partial charge in [-0.1, -0.05) is 0 Å². The Morgan fingerprint density at radius 3 is 2.62 bits per heavy atom. The molecule has 2 unspecified atom stereocenters. The summed E-state index contributed by atoms with van der Waals surface area (Å²) in [5.74, 6) is 1.99. The van der Waals surface area contributed by atoms with Gasteiger partial charge >= 0.3 is 0 Å². The molecule has 0 aliphatic carbocycles. The zero-order valence-electron chi connectivity index (χ0n) is 13.3. The van der Waals surface area contributed by atoms with Crippen LogP contribution in [0.4, 0.5) is 5.82 Å². The van der Waals surface area contributed by atoms with Gasteiger partial charge in [0.1, 0.15) is 18.5 Å². The average molecular weight is 295 g/mol. The maximum atomic E-state index is 6.04. The molecule has 1 aromatic heterocycles. The smallest absolute Gasteiger partial charge is 0.219 e. The molecule has 0 saturated carbocycles. The van der Waals surface area contributed by atoms with Crippen LogP contribution in [0.15, 0.2) is 6.07 Å². The van der Waals surface area contributed by atoms with Gasteiger partial charge in [-0.2, -0.15) is 4.98 Å². The second-order valence-corrected chi connectivity index (χ2v) is 5.44. The molecule has 2 rings (SSSR count). The zero-order chi connectivity index (χ0) is 15.2. The number of nitrogens with zero attached hydrogens (tertiary/aromatic N) is 2. The van der Waals surface area contributed by atoms with Crippen molar-refractivity contribution in [3.63, 3.8) is 0 Å². The van der Waals surface area contributed by atoms with Crippen LogP contribution in [0.2, 0.25) is 0 Å². The summed E-state index contributed by atoms with van der Waals surface area (Å²) in [7, 11) is 1.63. The number of nitrogens with one attached hydrogen (secondary N) is 1. The molecule has 1 N–H and O–H groups in total. The summed E-state index contributed by atoms with van der Waals surface area (Å²) in [5, 5.41) is 3.19. The minimum absolute atomic E-state index is 0.128. The number of hydrogen-bond acceptors (Lipinski definition) is 6. The fourth-order valence-corrected chi connectivity index (χ4v) is 2.61. The zero-order valence-corrected chi connectivity index (χ0v) is 13.3. The van der Waals surface area contributed by atoms with Crippen molar-refractivity contribution in [3.05, 3.63) is 11.9 Å². The number of hydrogen-bond donors (Lipinski definition) is 1. The predicted octanol–water partition coefficient (Wildman–Crippen LogP) is 2.39. The lowest BCUT2D eigenvalue weighted by atomic mass is 10.0. The molecule has 6 nitrogen and oxygen atoms in total. The van der Waals surface area contributed by atoms with Crippen LogP contribution >= 0.6 is 0 Å². The molecule has 0 amide bonds. The van der Waals surface area contributed by atoms with Crippen molar-refractivity contribution in [2.45, 2.75) is 58.5 Å². The van der Waals surface area contributed by atoms with Gasteiger partial charge in [-0.3, -0.25) is 0 Å². The van der Waals surface area contributed by atoms with E-state index in [0.29, 0.717) is 18.3 Å². The molecule has 1 fully saturated rings. The van der Waals surface area contributed by atoms with Gasteiger partial charge in [0.05, 0.1) is 12.2 Å². The van der Waals surface area contributed by atoms with Crippen molar-refractivity contribution in [3.8, 4) is 5.88 Å². The number of aromatic nitrogens is 2. The quantitative estimate of drug-likeness (QED) is 0.869. The molecule has 118 valence electrons. The lowest BCUT2D eigenvalue weighted by Crippen LogP contribution is -2.35. The van der Waals surface area contributed by atoms with Gasteiger partial charge < -0.3 is 19.5 Å². The van der Waals surface area contributed by atoms with Gasteiger partial charge in [0.25, 0.3) is 0 Å². The van der Waals surface area contributed by atoms with Gasteiger partial charge in [-0.25, -0.2) is 4.98 Å². The van der Waals surface area contributed by atoms with E-state index in [0.717, 1.165) is 25.2 Å². The van der Waals surface area contributed by atoms with Crippen LogP contribution in [0, 0.1) is 0 Å². The number of anilines is 1. The molecule has 2 atom stereocenters. The SMILES string of the molecule is CCNc1cc(OC2CC(C)OC(C)C2)nc(COC)n1. The van der Waals surface area contributed by atoms with Crippen molar-refractivity contribution >= 4 is 5.82 Å². The maximum Gasteiger partial charge on any atom is 0.219 e. The van der Waals surface area contributed by atoms with Gasteiger partial charge in [-0.15, -0.1) is 0 Å². The molecule has 1 aromatic rings. The van der Waals surface area contributed by atoms with E-state index >= 15 is 0 Å². The van der Waals surface area contributed by atoms with Crippen LogP contribution in [-0.2, 0) is 16.1 Å². The first-order chi connectivity index (χ1) is 10.1. The first-order valence-electron chi connectivity index (χ1n) is 7.53. The Hall–Kier alpha value is -1.40. The lowest BCUT2D eigenvalue weighted by molar-refractivity contribution is -0.0730. The van der Waals surface area contributed by atoms with Gasteiger partial charge in [0.2, 0.25) is 5.88 Å². The summed E-state index contributed by atoms with van der Waals surface area (Å²) in [5.41, 5.74) is 0. The molecule has 1 aliphatic rings. The third-order valence-corrected chi connectivity index (χ3v) is 3.32. The van der Waals surface area contributed by atoms with Crippen molar-refractivity contribution < 1.29 is 14.2 Å². The van der Waals surface area contributed by atoms with E-state index in [9.17, 15) is 0 Å². The highest BCUT2D eigenvalue weighted by Gasteiger charge is 2.26. The van der Waals surface area contributed by atoms with Crippen molar-refractivity contribution in [2.24, 2.45) is 0 Å². The van der Waals surface area contributed by atoms with Crippen LogP contribution in [0.5, 0.6) is 5.88 Å². The van der Waals surface area contributed by atoms with E-state index in [1.165, 1.54) is 0 Å². The van der Waals surface area contributed by atoms with Crippen LogP contribution in [-0.4, -0.2) is 41.9 Å². The largest absolute Gasteiger partial charge is 0.474 e. The molecule has 0 spiro atoms. The Balaban J connectivity index is 2.10. The highest BCUT2D eigenvalue weighted by molar-refractivity contribution is 5.38. The molecule has 1 aliphatic heterocycles. The van der Waals surface area contributed by atoms with Crippen LogP contribution in [0.3, 0.4) is 0 Å². The summed E-state index contributed by atoms with van der Waals surface area (Å²) in [4.78, 5) is 8.79. The fraction of sp³-hybridized carbons (Fsp3) is 0.733. The normalized spacial score (nSPS) is 25.6. The van der Waals surface area contributed by atoms with Gasteiger partial charge in [0.15, 0.2) is 5.82 Å². The van der Waals surface area contributed by atoms with Crippen LogP contribution in [0.25, 0.3) is 0 Å². The van der Waals surface area contributed by atoms with Crippen LogP contribution in [0.1, 0.15) is 39.4 Å². The van der Waals surface area contributed by atoms with Crippen molar-refractivity contribution in [1.29, 1.82) is 0 Å². The monoisotopic (exact) mass is 295 g/mol. The molecule has 0 radical (unpaired) electrons. The van der Waals surface area contributed by atoms with Gasteiger partial charge in [0, 0.05) is 32.6 Å². The summed E-state index contributed by atoms with van der Waals surface area (Å²) >= 11 is 0. The van der Waals surface area contributed by atoms with E-state index in [1.807, 2.05) is 13.0 Å². The third-order valence-electron chi connectivity index (χ3n) is 3.32. The Morgan fingerprint density at radius 2 is 2.00 bits per heavy atom. The lowest BCUT2D eigenvalue weighted by Gasteiger charge is -2.32. The third kappa shape index (κ3) is 4.82. The van der Waals surface area contributed by atoms with E-state index in [-0.39, 0.29) is 18.3 Å². The second-order valence-electron chi connectivity index (χ2n) is 5.44. The standard InChI is InChI=1S/C15H25N3O3/c1-5-16-13-8-15(18-14(17-13)9-19-4)21-12-6-10(2)20-11(3)7-12/h8,10-12H,5-7,9H2,1-4H3,(H,16,17,18). The van der Waals surface area contributed by atoms with E-state index in [2.05, 4.69) is 29.1 Å². The summed E-state index contributed by atoms with van der Waals surface area (Å²) in [6.45, 7) is 7.35. The number of ether oxygens (including phenoxy) is 3. The predicted molar refractivity (Wildman–Crippen MR) is 80.6 cm³/mol. The number of rotatable bonds is 6. The second kappa shape index (κ2) is 7.56. The first kappa shape index (κ1) is 16.0. The Kier molecular flexibility index (Phi) is 5.76. The molecule has 1 saturated heterocycles. The highest BCUT2D eigenvalue weighted by atomic mass is 16.5. The van der Waals surface area contributed by atoms with Crippen molar-refractivity contribution in [2.75, 3.05) is 19.0 Å². The van der Waals surface area contributed by atoms with Gasteiger partial charge in [-0.05, 0) is 20.8 Å². The first-order valence-corrected chi connectivity index (χ1v) is 7.53. The summed E-state index contributed by atoms with van der Waals surface area (Å²) in [6, 6.07) is 1.84. The molecular formula is C15H25N3O3. The Labute approximate surface area is 126 Å². The number of methoxy groups -OCH3 is 1. The van der Waals surface area contributed by atoms with E-state index in [1.54, 1.807) is 7.11 Å². The molecule has 0 bridgehead atoms. The molecule has 21 heavy (non-hydrogen) atoms. The Morgan fingerprint density at radius 1 is 1.29 bits per heavy atom. The minimum Gasteiger partial charge on any atom is -0.474 e. The summed E-state index contributed by atoms with van der Waals surface area (Å²) in [6.07, 6.45) is 2.32. The summed E-state index contributed by atoms with van der Waals surface area (Å²) < 4.78 is 16.9. The molecular weight excluding hydrogens is 270 g/mol. The molecule has 2 heterocycles. The Bertz CT molecular complexity index is 422. The fourth-order valence-electron chi connectivity index (χ4n) is 2.61. The van der Waals surface area contributed by atoms with Crippen LogP contribution < -0.4 is 10.1 Å². The van der Waals surface area contributed by atoms with Crippen molar-refractivity contribution in [1.82, 2.24) is 9.97 Å². The van der Waals surface area contributed by atoms with E-state index in [4.69, 9.17) is 14.2 Å². The minimum atomic E-state index is 0.128. The molecule has 0 aromatic carbocycles. The topological polar surface area (TPSA) is 65.5 Å². The van der Waals surface area contributed by atoms with E-state index < -0.39 is 0 Å². The average Bonchev–Trinajstić information content (AvgIpc) is 2.37. The maximum absolute atomic E-state index is 6.04. The highest BCUT2D eigenvalue weighted by Crippen LogP contribution is 2.24. The molecule has 6 heteroatoms.